The molecule has 5 nitrogen and oxygen atoms in total. The molecule has 0 heterocycles. The fourth-order valence-corrected chi connectivity index (χ4v) is 2.48. The Labute approximate surface area is 115 Å². The van der Waals surface area contributed by atoms with E-state index in [-0.39, 0.29) is 10.3 Å². The molecule has 6 heteroatoms. The van der Waals surface area contributed by atoms with Gasteiger partial charge in [-0.1, -0.05) is 13.8 Å². The van der Waals surface area contributed by atoms with E-state index in [1.165, 1.54) is 12.1 Å². The fraction of sp³-hybridized carbons (Fsp3) is 0.538. The normalized spacial score (nSPS) is 12.7. The lowest BCUT2D eigenvalue weighted by Gasteiger charge is -2.28. The van der Waals surface area contributed by atoms with Crippen LogP contribution in [0.25, 0.3) is 0 Å². The SMILES string of the molecule is CN(C)CC(C)(C)CNc1ccc(S(=O)(=O)O)cc1. The molecular formula is C13H22N2O3S. The molecule has 0 aliphatic heterocycles. The molecule has 0 saturated heterocycles. The number of nitrogens with one attached hydrogen (secondary N) is 1. The molecule has 0 unspecified atom stereocenters. The second-order valence-corrected chi connectivity index (χ2v) is 7.18. The first-order valence-corrected chi connectivity index (χ1v) is 7.50. The maximum Gasteiger partial charge on any atom is 0.294 e. The van der Waals surface area contributed by atoms with E-state index in [1.807, 2.05) is 14.1 Å². The standard InChI is InChI=1S/C13H22N2O3S/c1-13(2,10-15(3)4)9-14-11-5-7-12(8-6-11)19(16,17)18/h5-8,14H,9-10H2,1-4H3,(H,16,17,18). The highest BCUT2D eigenvalue weighted by Crippen LogP contribution is 2.19. The molecule has 1 aromatic rings. The van der Waals surface area contributed by atoms with Gasteiger partial charge in [-0.15, -0.1) is 0 Å². The predicted octanol–water partition coefficient (Wildman–Crippen LogP) is 1.93. The highest BCUT2D eigenvalue weighted by atomic mass is 32.2. The minimum absolute atomic E-state index is 0.0920. The van der Waals surface area contributed by atoms with E-state index >= 15 is 0 Å². The number of anilines is 1. The summed E-state index contributed by atoms with van der Waals surface area (Å²) in [6.45, 7) is 6.04. The molecule has 0 radical (unpaired) electrons. The average Bonchev–Trinajstić information content (AvgIpc) is 2.24. The first-order chi connectivity index (χ1) is 8.60. The smallest absolute Gasteiger partial charge is 0.294 e. The summed E-state index contributed by atoms with van der Waals surface area (Å²) in [5.41, 5.74) is 0.935. The van der Waals surface area contributed by atoms with Gasteiger partial charge in [0, 0.05) is 18.8 Å². The fourth-order valence-electron chi connectivity index (χ4n) is 2.00. The summed E-state index contributed by atoms with van der Waals surface area (Å²) in [5, 5.41) is 3.27. The van der Waals surface area contributed by atoms with Crippen molar-refractivity contribution in [1.29, 1.82) is 0 Å². The van der Waals surface area contributed by atoms with Crippen LogP contribution in [0, 0.1) is 5.41 Å². The molecule has 1 aromatic carbocycles. The van der Waals surface area contributed by atoms with E-state index in [9.17, 15) is 8.42 Å². The van der Waals surface area contributed by atoms with Crippen molar-refractivity contribution in [3.63, 3.8) is 0 Å². The van der Waals surface area contributed by atoms with Crippen molar-refractivity contribution in [3.8, 4) is 0 Å². The summed E-state index contributed by atoms with van der Waals surface area (Å²) in [7, 11) is -0.0525. The van der Waals surface area contributed by atoms with Crippen LogP contribution < -0.4 is 5.32 Å². The molecule has 0 saturated carbocycles. The molecule has 0 aliphatic carbocycles. The number of benzene rings is 1. The Morgan fingerprint density at radius 3 is 2.16 bits per heavy atom. The summed E-state index contributed by atoms with van der Waals surface area (Å²) >= 11 is 0. The minimum atomic E-state index is -4.11. The van der Waals surface area contributed by atoms with Crippen molar-refractivity contribution in [3.05, 3.63) is 24.3 Å². The van der Waals surface area contributed by atoms with Crippen LogP contribution in [-0.4, -0.2) is 45.1 Å². The Kier molecular flexibility index (Phi) is 4.95. The van der Waals surface area contributed by atoms with E-state index in [0.29, 0.717) is 0 Å². The first kappa shape index (κ1) is 15.9. The molecule has 0 atom stereocenters. The number of nitrogens with zero attached hydrogens (tertiary/aromatic N) is 1. The molecule has 0 aromatic heterocycles. The third kappa shape index (κ3) is 5.59. The maximum atomic E-state index is 10.9. The van der Waals surface area contributed by atoms with E-state index in [0.717, 1.165) is 18.8 Å². The predicted molar refractivity (Wildman–Crippen MR) is 77.1 cm³/mol. The molecule has 0 fully saturated rings. The molecule has 0 amide bonds. The van der Waals surface area contributed by atoms with Crippen LogP contribution in [0.1, 0.15) is 13.8 Å². The van der Waals surface area contributed by atoms with Gasteiger partial charge in [0.2, 0.25) is 0 Å². The summed E-state index contributed by atoms with van der Waals surface area (Å²) in [5.74, 6) is 0. The molecule has 19 heavy (non-hydrogen) atoms. The summed E-state index contributed by atoms with van der Waals surface area (Å²) in [6.07, 6.45) is 0. The van der Waals surface area contributed by atoms with E-state index in [4.69, 9.17) is 4.55 Å². The van der Waals surface area contributed by atoms with E-state index in [1.54, 1.807) is 12.1 Å². The first-order valence-electron chi connectivity index (χ1n) is 6.06. The Morgan fingerprint density at radius 2 is 1.74 bits per heavy atom. The van der Waals surface area contributed by atoms with E-state index in [2.05, 4.69) is 24.1 Å². The number of hydrogen-bond donors (Lipinski definition) is 2. The summed E-state index contributed by atoms with van der Waals surface area (Å²) in [4.78, 5) is 2.04. The van der Waals surface area contributed by atoms with Gasteiger partial charge in [0.1, 0.15) is 0 Å². The van der Waals surface area contributed by atoms with Crippen LogP contribution in [0.4, 0.5) is 5.69 Å². The molecule has 0 bridgehead atoms. The van der Waals surface area contributed by atoms with Crippen LogP contribution in [0.2, 0.25) is 0 Å². The Bertz CT molecular complexity index is 507. The van der Waals surface area contributed by atoms with Crippen molar-refractivity contribution in [2.24, 2.45) is 5.41 Å². The van der Waals surface area contributed by atoms with Crippen molar-refractivity contribution in [2.75, 3.05) is 32.5 Å². The van der Waals surface area contributed by atoms with Crippen molar-refractivity contribution < 1.29 is 13.0 Å². The highest BCUT2D eigenvalue weighted by Gasteiger charge is 2.18. The lowest BCUT2D eigenvalue weighted by molar-refractivity contribution is 0.254. The summed E-state index contributed by atoms with van der Waals surface area (Å²) in [6, 6.07) is 6.07. The molecular weight excluding hydrogens is 264 g/mol. The van der Waals surface area contributed by atoms with Crippen molar-refractivity contribution >= 4 is 15.8 Å². The van der Waals surface area contributed by atoms with Gasteiger partial charge in [-0.3, -0.25) is 4.55 Å². The second kappa shape index (κ2) is 5.90. The van der Waals surface area contributed by atoms with Crippen molar-refractivity contribution in [1.82, 2.24) is 4.90 Å². The largest absolute Gasteiger partial charge is 0.384 e. The average molecular weight is 286 g/mol. The van der Waals surface area contributed by atoms with Crippen molar-refractivity contribution in [2.45, 2.75) is 18.7 Å². The van der Waals surface area contributed by atoms with Gasteiger partial charge in [0.15, 0.2) is 0 Å². The lowest BCUT2D eigenvalue weighted by atomic mass is 9.93. The van der Waals surface area contributed by atoms with E-state index < -0.39 is 10.1 Å². The lowest BCUT2D eigenvalue weighted by Crippen LogP contribution is -2.34. The zero-order valence-electron chi connectivity index (χ0n) is 11.8. The third-order valence-electron chi connectivity index (χ3n) is 2.67. The third-order valence-corrected chi connectivity index (χ3v) is 3.54. The zero-order chi connectivity index (χ0) is 14.7. The van der Waals surface area contributed by atoms with Gasteiger partial charge in [-0.25, -0.2) is 0 Å². The van der Waals surface area contributed by atoms with Crippen LogP contribution in [0.15, 0.2) is 29.2 Å². The maximum absolute atomic E-state index is 10.9. The van der Waals surface area contributed by atoms with Crippen LogP contribution in [-0.2, 0) is 10.1 Å². The quantitative estimate of drug-likeness (QED) is 0.782. The van der Waals surface area contributed by atoms with Crippen LogP contribution in [0.3, 0.4) is 0 Å². The second-order valence-electron chi connectivity index (χ2n) is 5.75. The Hall–Kier alpha value is -1.11. The van der Waals surface area contributed by atoms with Gasteiger partial charge < -0.3 is 10.2 Å². The van der Waals surface area contributed by atoms with Gasteiger partial charge in [-0.2, -0.15) is 8.42 Å². The van der Waals surface area contributed by atoms with Gasteiger partial charge >= 0.3 is 0 Å². The van der Waals surface area contributed by atoms with Crippen LogP contribution in [0.5, 0.6) is 0 Å². The minimum Gasteiger partial charge on any atom is -0.384 e. The van der Waals surface area contributed by atoms with Crippen LogP contribution >= 0.6 is 0 Å². The Morgan fingerprint density at radius 1 is 1.21 bits per heavy atom. The topological polar surface area (TPSA) is 69.6 Å². The summed E-state index contributed by atoms with van der Waals surface area (Å²) < 4.78 is 30.7. The highest BCUT2D eigenvalue weighted by molar-refractivity contribution is 7.85. The number of rotatable bonds is 6. The molecule has 108 valence electrons. The molecule has 1 rings (SSSR count). The van der Waals surface area contributed by atoms with Gasteiger partial charge in [-0.05, 0) is 43.8 Å². The zero-order valence-corrected chi connectivity index (χ0v) is 12.7. The monoisotopic (exact) mass is 286 g/mol. The molecule has 2 N–H and O–H groups in total. The van der Waals surface area contributed by atoms with Gasteiger partial charge in [0.25, 0.3) is 10.1 Å². The van der Waals surface area contributed by atoms with Gasteiger partial charge in [0.05, 0.1) is 4.90 Å². The molecule has 0 spiro atoms. The molecule has 0 aliphatic rings. The number of hydrogen-bond acceptors (Lipinski definition) is 4. The Balaban J connectivity index is 2.64.